The number of rotatable bonds is 8. The standard InChI is InChI=1S/C31H41FO2/c1-3-5-22-7-11-24(12-8-22)27-17-20-29(30(32)21-27)25-13-15-26(16-14-25)31(33)34-28-18-9-23(6-4-2)10-19-28/h13-17,20-24,28H,3-12,18-19H2,1-2H3/t22-,23?,24-,28?. The number of halogens is 1. The lowest BCUT2D eigenvalue weighted by molar-refractivity contribution is 0.0161. The van der Waals surface area contributed by atoms with E-state index < -0.39 is 0 Å². The van der Waals surface area contributed by atoms with Crippen LogP contribution in [0.2, 0.25) is 0 Å². The molecule has 0 radical (unpaired) electrons. The summed E-state index contributed by atoms with van der Waals surface area (Å²) >= 11 is 0. The van der Waals surface area contributed by atoms with Crippen molar-refractivity contribution in [2.24, 2.45) is 11.8 Å². The van der Waals surface area contributed by atoms with Crippen molar-refractivity contribution in [3.8, 4) is 11.1 Å². The van der Waals surface area contributed by atoms with Crippen molar-refractivity contribution in [1.29, 1.82) is 0 Å². The molecule has 184 valence electrons. The zero-order valence-corrected chi connectivity index (χ0v) is 21.0. The Labute approximate surface area is 205 Å². The monoisotopic (exact) mass is 464 g/mol. The number of benzene rings is 2. The van der Waals surface area contributed by atoms with Crippen molar-refractivity contribution in [3.63, 3.8) is 0 Å². The summed E-state index contributed by atoms with van der Waals surface area (Å²) in [5, 5.41) is 0. The van der Waals surface area contributed by atoms with Crippen LogP contribution in [0.25, 0.3) is 11.1 Å². The quantitative estimate of drug-likeness (QED) is 0.364. The van der Waals surface area contributed by atoms with E-state index in [4.69, 9.17) is 4.74 Å². The Kier molecular flexibility index (Phi) is 8.80. The van der Waals surface area contributed by atoms with E-state index >= 15 is 4.39 Å². The van der Waals surface area contributed by atoms with Gasteiger partial charge in [0.25, 0.3) is 0 Å². The summed E-state index contributed by atoms with van der Waals surface area (Å²) < 4.78 is 20.8. The maximum absolute atomic E-state index is 15.1. The summed E-state index contributed by atoms with van der Waals surface area (Å²) in [6.45, 7) is 4.49. The number of carbonyl (C=O) groups excluding carboxylic acids is 1. The van der Waals surface area contributed by atoms with Crippen LogP contribution >= 0.6 is 0 Å². The Morgan fingerprint density at radius 1 is 0.824 bits per heavy atom. The highest BCUT2D eigenvalue weighted by atomic mass is 19.1. The van der Waals surface area contributed by atoms with Crippen molar-refractivity contribution in [3.05, 3.63) is 59.4 Å². The fourth-order valence-electron chi connectivity index (χ4n) is 6.16. The molecule has 0 aromatic heterocycles. The van der Waals surface area contributed by atoms with Gasteiger partial charge in [-0.2, -0.15) is 0 Å². The molecule has 2 fully saturated rings. The predicted octanol–water partition coefficient (Wildman–Crippen LogP) is 9.08. The predicted molar refractivity (Wildman–Crippen MR) is 138 cm³/mol. The molecular weight excluding hydrogens is 423 g/mol. The van der Waals surface area contributed by atoms with E-state index in [-0.39, 0.29) is 17.9 Å². The van der Waals surface area contributed by atoms with Crippen LogP contribution in [0.4, 0.5) is 4.39 Å². The fraction of sp³-hybridized carbons (Fsp3) is 0.581. The van der Waals surface area contributed by atoms with E-state index in [1.807, 2.05) is 18.2 Å². The van der Waals surface area contributed by atoms with Gasteiger partial charge in [0, 0.05) is 5.56 Å². The van der Waals surface area contributed by atoms with Crippen molar-refractivity contribution in [1.82, 2.24) is 0 Å². The van der Waals surface area contributed by atoms with E-state index in [9.17, 15) is 4.79 Å². The molecule has 0 N–H and O–H groups in total. The second-order valence-corrected chi connectivity index (χ2v) is 10.7. The summed E-state index contributed by atoms with van der Waals surface area (Å²) in [5.41, 5.74) is 3.07. The highest BCUT2D eigenvalue weighted by Gasteiger charge is 2.25. The normalized spacial score (nSPS) is 25.1. The molecule has 4 rings (SSSR count). The largest absolute Gasteiger partial charge is 0.459 e. The maximum Gasteiger partial charge on any atom is 0.338 e. The lowest BCUT2D eigenvalue weighted by atomic mass is 9.77. The molecule has 0 saturated heterocycles. The van der Waals surface area contributed by atoms with Crippen LogP contribution in [0.1, 0.15) is 113 Å². The van der Waals surface area contributed by atoms with E-state index in [0.717, 1.165) is 48.6 Å². The first-order valence-corrected chi connectivity index (χ1v) is 13.7. The molecule has 2 nitrogen and oxygen atoms in total. The molecule has 2 aliphatic rings. The van der Waals surface area contributed by atoms with Gasteiger partial charge >= 0.3 is 5.97 Å². The minimum Gasteiger partial charge on any atom is -0.459 e. The number of hydrogen-bond donors (Lipinski definition) is 0. The van der Waals surface area contributed by atoms with Gasteiger partial charge in [-0.05, 0) is 98.4 Å². The van der Waals surface area contributed by atoms with Crippen molar-refractivity contribution in [2.45, 2.75) is 103 Å². The first-order chi connectivity index (χ1) is 16.6. The van der Waals surface area contributed by atoms with Crippen LogP contribution in [0.5, 0.6) is 0 Å². The Morgan fingerprint density at radius 3 is 1.97 bits per heavy atom. The zero-order valence-electron chi connectivity index (χ0n) is 21.0. The van der Waals surface area contributed by atoms with Crippen LogP contribution in [0.3, 0.4) is 0 Å². The molecule has 0 heterocycles. The van der Waals surface area contributed by atoms with E-state index in [2.05, 4.69) is 19.9 Å². The molecule has 2 aromatic carbocycles. The van der Waals surface area contributed by atoms with E-state index in [1.54, 1.807) is 18.2 Å². The second-order valence-electron chi connectivity index (χ2n) is 10.7. The van der Waals surface area contributed by atoms with Gasteiger partial charge in [0.1, 0.15) is 11.9 Å². The van der Waals surface area contributed by atoms with Crippen LogP contribution in [0.15, 0.2) is 42.5 Å². The third kappa shape index (κ3) is 6.29. The molecule has 0 bridgehead atoms. The highest BCUT2D eigenvalue weighted by molar-refractivity contribution is 5.90. The average Bonchev–Trinajstić information content (AvgIpc) is 2.86. The van der Waals surface area contributed by atoms with Crippen LogP contribution in [0, 0.1) is 17.7 Å². The summed E-state index contributed by atoms with van der Waals surface area (Å²) in [6.07, 6.45) is 14.2. The molecular formula is C31H41FO2. The molecule has 0 amide bonds. The minimum absolute atomic E-state index is 0.0299. The highest BCUT2D eigenvalue weighted by Crippen LogP contribution is 2.38. The molecule has 34 heavy (non-hydrogen) atoms. The molecule has 2 aromatic rings. The van der Waals surface area contributed by atoms with Gasteiger partial charge < -0.3 is 4.74 Å². The smallest absolute Gasteiger partial charge is 0.338 e. The van der Waals surface area contributed by atoms with Gasteiger partial charge in [-0.3, -0.25) is 0 Å². The number of ether oxygens (including phenoxy) is 1. The lowest BCUT2D eigenvalue weighted by Gasteiger charge is -2.28. The Morgan fingerprint density at radius 2 is 1.41 bits per heavy atom. The first-order valence-electron chi connectivity index (χ1n) is 13.7. The maximum atomic E-state index is 15.1. The van der Waals surface area contributed by atoms with E-state index in [0.29, 0.717) is 17.0 Å². The van der Waals surface area contributed by atoms with Gasteiger partial charge in [-0.1, -0.05) is 63.8 Å². The van der Waals surface area contributed by atoms with Gasteiger partial charge in [-0.15, -0.1) is 0 Å². The van der Waals surface area contributed by atoms with Crippen LogP contribution < -0.4 is 0 Å². The SMILES string of the molecule is CCCC1CCC(OC(=O)c2ccc(-c3ccc([C@H]4CC[C@H](CCC)CC4)cc3F)cc2)CC1. The van der Waals surface area contributed by atoms with Crippen LogP contribution in [-0.2, 0) is 4.74 Å². The Hall–Kier alpha value is -2.16. The Balaban J connectivity index is 1.34. The van der Waals surface area contributed by atoms with Crippen molar-refractivity contribution in [2.75, 3.05) is 0 Å². The zero-order chi connectivity index (χ0) is 23.9. The first kappa shape index (κ1) is 24.9. The minimum atomic E-state index is -0.264. The molecule has 2 aliphatic carbocycles. The van der Waals surface area contributed by atoms with Gasteiger partial charge in [0.2, 0.25) is 0 Å². The average molecular weight is 465 g/mol. The van der Waals surface area contributed by atoms with E-state index in [1.165, 1.54) is 51.4 Å². The van der Waals surface area contributed by atoms with Gasteiger partial charge in [0.05, 0.1) is 5.56 Å². The lowest BCUT2D eigenvalue weighted by Crippen LogP contribution is -2.24. The summed E-state index contributed by atoms with van der Waals surface area (Å²) in [4.78, 5) is 12.6. The molecule has 2 saturated carbocycles. The molecule has 0 atom stereocenters. The number of esters is 1. The summed E-state index contributed by atoms with van der Waals surface area (Å²) in [7, 11) is 0. The third-order valence-electron chi connectivity index (χ3n) is 8.20. The van der Waals surface area contributed by atoms with Gasteiger partial charge in [0.15, 0.2) is 0 Å². The topological polar surface area (TPSA) is 26.3 Å². The molecule has 0 unspecified atom stereocenters. The number of hydrogen-bond acceptors (Lipinski definition) is 2. The molecule has 3 heteroatoms. The molecule has 0 spiro atoms. The van der Waals surface area contributed by atoms with Crippen molar-refractivity contribution < 1.29 is 13.9 Å². The molecule has 0 aliphatic heterocycles. The third-order valence-corrected chi connectivity index (χ3v) is 8.20. The number of carbonyl (C=O) groups is 1. The second kappa shape index (κ2) is 12.0. The summed E-state index contributed by atoms with van der Waals surface area (Å²) in [6, 6.07) is 12.9. The van der Waals surface area contributed by atoms with Crippen LogP contribution in [-0.4, -0.2) is 12.1 Å². The van der Waals surface area contributed by atoms with Crippen molar-refractivity contribution >= 4 is 5.97 Å². The Bertz CT molecular complexity index is 919. The van der Waals surface area contributed by atoms with Gasteiger partial charge in [-0.25, -0.2) is 9.18 Å². The summed E-state index contributed by atoms with van der Waals surface area (Å²) in [5.74, 6) is 1.68. The fourth-order valence-corrected chi connectivity index (χ4v) is 6.16.